The molecule has 0 unspecified atom stereocenters. The van der Waals surface area contributed by atoms with Crippen molar-refractivity contribution in [2.75, 3.05) is 33.8 Å². The molecule has 9 heteroatoms. The summed E-state index contributed by atoms with van der Waals surface area (Å²) in [5.41, 5.74) is 3.52. The molecule has 0 radical (unpaired) electrons. The summed E-state index contributed by atoms with van der Waals surface area (Å²) in [6.07, 6.45) is 1.67. The second-order valence-corrected chi connectivity index (χ2v) is 7.17. The van der Waals surface area contributed by atoms with Crippen LogP contribution in [0.15, 0.2) is 66.9 Å². The van der Waals surface area contributed by atoms with Gasteiger partial charge >= 0.3 is 0 Å². The van der Waals surface area contributed by atoms with Crippen LogP contribution in [0.3, 0.4) is 0 Å². The smallest absolute Gasteiger partial charge is 0.255 e. The molecule has 34 heavy (non-hydrogen) atoms. The monoisotopic (exact) mass is 460 g/mol. The van der Waals surface area contributed by atoms with Crippen molar-refractivity contribution in [3.63, 3.8) is 0 Å². The molecule has 0 saturated heterocycles. The number of hydrogen-bond donors (Lipinski definition) is 1. The molecule has 0 aliphatic rings. The maximum atomic E-state index is 12.7. The van der Waals surface area contributed by atoms with Gasteiger partial charge in [0, 0.05) is 16.8 Å². The summed E-state index contributed by atoms with van der Waals surface area (Å²) in [5, 5.41) is 11.2. The number of rotatable bonds is 8. The number of carbonyl (C=O) groups is 1. The average Bonchev–Trinajstić information content (AvgIpc) is 3.38. The predicted molar refractivity (Wildman–Crippen MR) is 127 cm³/mol. The Balaban J connectivity index is 1.54. The summed E-state index contributed by atoms with van der Waals surface area (Å²) in [6.45, 7) is 0. The van der Waals surface area contributed by atoms with Gasteiger partial charge in [-0.3, -0.25) is 4.79 Å². The number of carbonyl (C=O) groups excluding carboxylic acids is 1. The summed E-state index contributed by atoms with van der Waals surface area (Å²) >= 11 is 0. The number of ether oxygens (including phenoxy) is 4. The molecule has 4 aromatic rings. The summed E-state index contributed by atoms with van der Waals surface area (Å²) < 4.78 is 22.9. The van der Waals surface area contributed by atoms with E-state index in [1.807, 2.05) is 30.3 Å². The van der Waals surface area contributed by atoms with Crippen LogP contribution in [0.1, 0.15) is 10.4 Å². The van der Waals surface area contributed by atoms with E-state index in [9.17, 15) is 4.79 Å². The van der Waals surface area contributed by atoms with Gasteiger partial charge in [-0.15, -0.1) is 5.10 Å². The molecule has 1 aromatic heterocycles. The number of hydrogen-bond acceptors (Lipinski definition) is 7. The standard InChI is InChI=1S/C25H24N4O5/c1-31-21-11-5-16(13-23(21)33-3)20-15-26-28-29(20)19-9-7-18(8-10-19)27-25(30)17-6-12-22(32-2)24(14-17)34-4/h5-15H,1-4H3,(H,27,30). The normalized spacial score (nSPS) is 10.5. The van der Waals surface area contributed by atoms with Gasteiger partial charge in [0.2, 0.25) is 0 Å². The maximum absolute atomic E-state index is 12.7. The predicted octanol–water partition coefficient (Wildman–Crippen LogP) is 4.22. The van der Waals surface area contributed by atoms with Gasteiger partial charge in [0.15, 0.2) is 23.0 Å². The Bertz CT molecular complexity index is 1300. The van der Waals surface area contributed by atoms with Crippen molar-refractivity contribution >= 4 is 11.6 Å². The lowest BCUT2D eigenvalue weighted by atomic mass is 10.1. The summed E-state index contributed by atoms with van der Waals surface area (Å²) in [6, 6.07) is 17.9. The number of anilines is 1. The van der Waals surface area contributed by atoms with Gasteiger partial charge in [-0.05, 0) is 60.7 Å². The molecule has 0 atom stereocenters. The lowest BCUT2D eigenvalue weighted by Crippen LogP contribution is -2.12. The highest BCUT2D eigenvalue weighted by Gasteiger charge is 2.14. The number of nitrogens with zero attached hydrogens (tertiary/aromatic N) is 3. The Morgan fingerprint density at radius 2 is 1.38 bits per heavy atom. The Morgan fingerprint density at radius 3 is 2.03 bits per heavy atom. The molecule has 0 aliphatic heterocycles. The highest BCUT2D eigenvalue weighted by atomic mass is 16.5. The zero-order valence-corrected chi connectivity index (χ0v) is 19.2. The topological polar surface area (TPSA) is 96.7 Å². The lowest BCUT2D eigenvalue weighted by Gasteiger charge is -2.12. The van der Waals surface area contributed by atoms with E-state index in [0.717, 1.165) is 16.9 Å². The molecule has 0 saturated carbocycles. The summed E-state index contributed by atoms with van der Waals surface area (Å²) in [7, 11) is 6.25. The number of aromatic nitrogens is 3. The van der Waals surface area contributed by atoms with Crippen molar-refractivity contribution in [1.82, 2.24) is 15.0 Å². The molecule has 9 nitrogen and oxygen atoms in total. The molecule has 0 aliphatic carbocycles. The van der Waals surface area contributed by atoms with Crippen molar-refractivity contribution in [1.29, 1.82) is 0 Å². The van der Waals surface area contributed by atoms with Gasteiger partial charge in [-0.1, -0.05) is 5.21 Å². The SMILES string of the molecule is COc1ccc(C(=O)Nc2ccc(-n3nncc3-c3ccc(OC)c(OC)c3)cc2)cc1OC. The van der Waals surface area contributed by atoms with E-state index < -0.39 is 0 Å². The third kappa shape index (κ3) is 4.49. The van der Waals surface area contributed by atoms with E-state index in [1.165, 1.54) is 7.11 Å². The maximum Gasteiger partial charge on any atom is 0.255 e. The fraction of sp³-hybridized carbons (Fsp3) is 0.160. The van der Waals surface area contributed by atoms with E-state index in [0.29, 0.717) is 34.2 Å². The van der Waals surface area contributed by atoms with Crippen LogP contribution < -0.4 is 24.3 Å². The first-order chi connectivity index (χ1) is 16.6. The van der Waals surface area contributed by atoms with Gasteiger partial charge in [0.05, 0.1) is 46.0 Å². The van der Waals surface area contributed by atoms with Crippen molar-refractivity contribution in [3.05, 3.63) is 72.4 Å². The number of methoxy groups -OCH3 is 4. The Hall–Kier alpha value is -4.53. The molecule has 1 N–H and O–H groups in total. The average molecular weight is 460 g/mol. The first-order valence-electron chi connectivity index (χ1n) is 10.3. The summed E-state index contributed by atoms with van der Waals surface area (Å²) in [4.78, 5) is 12.7. The third-order valence-electron chi connectivity index (χ3n) is 5.24. The Kier molecular flexibility index (Phi) is 6.63. The second-order valence-electron chi connectivity index (χ2n) is 7.17. The minimum atomic E-state index is -0.263. The van der Waals surface area contributed by atoms with E-state index in [-0.39, 0.29) is 5.91 Å². The van der Waals surface area contributed by atoms with Crippen LogP contribution in [0, 0.1) is 0 Å². The third-order valence-corrected chi connectivity index (χ3v) is 5.24. The molecule has 4 rings (SSSR count). The minimum Gasteiger partial charge on any atom is -0.493 e. The van der Waals surface area contributed by atoms with Crippen molar-refractivity contribution in [2.24, 2.45) is 0 Å². The van der Waals surface area contributed by atoms with Crippen molar-refractivity contribution in [2.45, 2.75) is 0 Å². The summed E-state index contributed by atoms with van der Waals surface area (Å²) in [5.74, 6) is 2.03. The van der Waals surface area contributed by atoms with E-state index >= 15 is 0 Å². The molecule has 174 valence electrons. The van der Waals surface area contributed by atoms with Gasteiger partial charge in [-0.25, -0.2) is 4.68 Å². The fourth-order valence-electron chi connectivity index (χ4n) is 3.48. The van der Waals surface area contributed by atoms with Crippen LogP contribution >= 0.6 is 0 Å². The second kappa shape index (κ2) is 9.95. The molecule has 3 aromatic carbocycles. The van der Waals surface area contributed by atoms with E-state index in [4.69, 9.17) is 18.9 Å². The number of amides is 1. The molecule has 0 bridgehead atoms. The highest BCUT2D eigenvalue weighted by molar-refractivity contribution is 6.04. The van der Waals surface area contributed by atoms with Gasteiger partial charge in [-0.2, -0.15) is 0 Å². The minimum absolute atomic E-state index is 0.263. The van der Waals surface area contributed by atoms with Crippen LogP contribution in [0.4, 0.5) is 5.69 Å². The molecule has 1 heterocycles. The van der Waals surface area contributed by atoms with Crippen LogP contribution in [0.2, 0.25) is 0 Å². The van der Waals surface area contributed by atoms with Crippen LogP contribution in [-0.2, 0) is 0 Å². The molecule has 1 amide bonds. The van der Waals surface area contributed by atoms with Gasteiger partial charge in [0.1, 0.15) is 0 Å². The zero-order valence-electron chi connectivity index (χ0n) is 19.2. The quantitative estimate of drug-likeness (QED) is 0.420. The molecular formula is C25H24N4O5. The molecular weight excluding hydrogens is 436 g/mol. The first kappa shape index (κ1) is 22.7. The lowest BCUT2D eigenvalue weighted by molar-refractivity contribution is 0.102. The fourth-order valence-corrected chi connectivity index (χ4v) is 3.48. The number of benzene rings is 3. The van der Waals surface area contributed by atoms with E-state index in [2.05, 4.69) is 15.6 Å². The van der Waals surface area contributed by atoms with Crippen LogP contribution in [-0.4, -0.2) is 49.3 Å². The van der Waals surface area contributed by atoms with Gasteiger partial charge < -0.3 is 24.3 Å². The largest absolute Gasteiger partial charge is 0.493 e. The van der Waals surface area contributed by atoms with E-state index in [1.54, 1.807) is 62.5 Å². The van der Waals surface area contributed by atoms with Crippen LogP contribution in [0.5, 0.6) is 23.0 Å². The van der Waals surface area contributed by atoms with Gasteiger partial charge in [0.25, 0.3) is 5.91 Å². The van der Waals surface area contributed by atoms with Crippen molar-refractivity contribution < 1.29 is 23.7 Å². The van der Waals surface area contributed by atoms with Crippen molar-refractivity contribution in [3.8, 4) is 39.9 Å². The zero-order chi connectivity index (χ0) is 24.1. The first-order valence-corrected chi connectivity index (χ1v) is 10.3. The molecule has 0 spiro atoms. The Morgan fingerprint density at radius 1 is 0.765 bits per heavy atom. The molecule has 0 fully saturated rings. The Labute approximate surface area is 196 Å². The van der Waals surface area contributed by atoms with Crippen LogP contribution in [0.25, 0.3) is 16.9 Å². The number of nitrogens with one attached hydrogen (secondary N) is 1. The highest BCUT2D eigenvalue weighted by Crippen LogP contribution is 2.33.